The minimum atomic E-state index is -4.98. The predicted octanol–water partition coefficient (Wildman–Crippen LogP) is 8.43. The second-order valence-corrected chi connectivity index (χ2v) is 12.0. The van der Waals surface area contributed by atoms with Gasteiger partial charge >= 0.3 is 6.18 Å². The van der Waals surface area contributed by atoms with E-state index >= 15 is 0 Å². The second kappa shape index (κ2) is 12.8. The molecular formula is C32H28ClF5N2O3S. The normalized spacial score (nSPS) is 17.1. The smallest absolute Gasteiger partial charge is 0.454 e. The fraction of sp³-hybridized carbons (Fsp3) is 0.312. The third kappa shape index (κ3) is 6.31. The number of alkyl halides is 3. The summed E-state index contributed by atoms with van der Waals surface area (Å²) in [5, 5.41) is 2.99. The van der Waals surface area contributed by atoms with Crippen molar-refractivity contribution in [2.75, 3.05) is 14.2 Å². The van der Waals surface area contributed by atoms with E-state index in [-0.39, 0.29) is 32.6 Å². The van der Waals surface area contributed by atoms with Crippen molar-refractivity contribution in [3.8, 4) is 16.9 Å². The largest absolute Gasteiger partial charge is 0.496 e. The number of benzene rings is 3. The molecule has 0 atom stereocenters. The van der Waals surface area contributed by atoms with E-state index in [1.807, 2.05) is 7.05 Å². The van der Waals surface area contributed by atoms with Crippen LogP contribution < -0.4 is 10.1 Å². The molecule has 4 aromatic rings. The number of methoxy groups -OCH3 is 1. The number of halogens is 6. The average Bonchev–Trinajstić information content (AvgIpc) is 3.38. The molecule has 1 heterocycles. The molecule has 12 heteroatoms. The van der Waals surface area contributed by atoms with E-state index in [1.165, 1.54) is 19.2 Å². The number of nitrogens with zero attached hydrogens (tertiary/aromatic N) is 1. The summed E-state index contributed by atoms with van der Waals surface area (Å²) >= 11 is 7.32. The first-order valence-electron chi connectivity index (χ1n) is 13.9. The fourth-order valence-corrected chi connectivity index (χ4v) is 7.16. The maximum absolute atomic E-state index is 14.7. The Labute approximate surface area is 259 Å². The minimum Gasteiger partial charge on any atom is -0.496 e. The maximum atomic E-state index is 14.7. The lowest BCUT2D eigenvalue weighted by Crippen LogP contribution is -2.44. The Morgan fingerprint density at radius 2 is 1.61 bits per heavy atom. The molecule has 1 fully saturated rings. The zero-order chi connectivity index (χ0) is 31.8. The lowest BCUT2D eigenvalue weighted by atomic mass is 9.89. The number of nitrogens with one attached hydrogen (secondary N) is 1. The van der Waals surface area contributed by atoms with Crippen molar-refractivity contribution < 1.29 is 36.3 Å². The van der Waals surface area contributed by atoms with E-state index in [1.54, 1.807) is 23.1 Å². The summed E-state index contributed by atoms with van der Waals surface area (Å²) < 4.78 is 73.5. The van der Waals surface area contributed by atoms with Crippen LogP contribution in [0.5, 0.6) is 5.75 Å². The van der Waals surface area contributed by atoms with Gasteiger partial charge in [-0.3, -0.25) is 9.59 Å². The first-order chi connectivity index (χ1) is 20.9. The molecule has 0 bridgehead atoms. The zero-order valence-corrected chi connectivity index (χ0v) is 25.3. The Morgan fingerprint density at radius 3 is 2.20 bits per heavy atom. The summed E-state index contributed by atoms with van der Waals surface area (Å²) in [6.07, 6.45) is -1.99. The van der Waals surface area contributed by atoms with Gasteiger partial charge in [-0.15, -0.1) is 11.3 Å². The van der Waals surface area contributed by atoms with Gasteiger partial charge in [0, 0.05) is 29.8 Å². The average molecular weight is 651 g/mol. The van der Waals surface area contributed by atoms with Crippen LogP contribution in [0.25, 0.3) is 21.2 Å². The standard InChI is InChI=1S/C32H28ClF5N2O3S/c1-39-21-8-10-22(11-9-21)40(31(42)29-27(33)26-23(34)12-13-24(35)28(26)44-29)16-20-15-19(7-14-25(20)43-2)17-3-5-18(6-4-17)30(41)32(36,37)38/h3-7,12-15,21-22,39H,8-11,16H2,1-2H3/t21-,22+. The van der Waals surface area contributed by atoms with Crippen molar-refractivity contribution in [3.05, 3.63) is 87.3 Å². The number of carbonyl (C=O) groups excluding carboxylic acids is 2. The van der Waals surface area contributed by atoms with Gasteiger partial charge in [0.1, 0.15) is 22.3 Å². The van der Waals surface area contributed by atoms with Gasteiger partial charge in [-0.25, -0.2) is 8.78 Å². The molecule has 1 N–H and O–H groups in total. The lowest BCUT2D eigenvalue weighted by molar-refractivity contribution is -0.0885. The molecule has 0 unspecified atom stereocenters. The van der Waals surface area contributed by atoms with Gasteiger partial charge in [-0.05, 0) is 68.1 Å². The van der Waals surface area contributed by atoms with E-state index in [0.29, 0.717) is 41.3 Å². The first kappa shape index (κ1) is 31.9. The van der Waals surface area contributed by atoms with Crippen molar-refractivity contribution in [2.24, 2.45) is 0 Å². The quantitative estimate of drug-likeness (QED) is 0.154. The van der Waals surface area contributed by atoms with Crippen LogP contribution in [-0.2, 0) is 6.54 Å². The Morgan fingerprint density at radius 1 is 0.977 bits per heavy atom. The number of thiophene rings is 1. The van der Waals surface area contributed by atoms with E-state index in [0.717, 1.165) is 48.4 Å². The van der Waals surface area contributed by atoms with Crippen molar-refractivity contribution in [1.82, 2.24) is 10.2 Å². The van der Waals surface area contributed by atoms with Crippen LogP contribution in [0, 0.1) is 11.6 Å². The minimum absolute atomic E-state index is 0.0291. The number of ketones is 1. The molecule has 0 saturated heterocycles. The molecule has 0 radical (unpaired) electrons. The molecule has 1 aliphatic rings. The highest BCUT2D eigenvalue weighted by Gasteiger charge is 2.39. The Balaban J connectivity index is 1.52. The van der Waals surface area contributed by atoms with Crippen molar-refractivity contribution >= 4 is 44.7 Å². The monoisotopic (exact) mass is 650 g/mol. The van der Waals surface area contributed by atoms with Crippen molar-refractivity contribution in [2.45, 2.75) is 50.5 Å². The molecule has 0 spiro atoms. The summed E-state index contributed by atoms with van der Waals surface area (Å²) in [6.45, 7) is 0.0743. The van der Waals surface area contributed by atoms with Gasteiger partial charge in [0.25, 0.3) is 11.7 Å². The van der Waals surface area contributed by atoms with E-state index < -0.39 is 35.1 Å². The van der Waals surface area contributed by atoms with Gasteiger partial charge in [0.15, 0.2) is 0 Å². The third-order valence-corrected chi connectivity index (χ3v) is 9.72. The second-order valence-electron chi connectivity index (χ2n) is 10.6. The zero-order valence-electron chi connectivity index (χ0n) is 23.7. The highest BCUT2D eigenvalue weighted by Crippen LogP contribution is 2.41. The molecule has 1 aliphatic carbocycles. The Bertz CT molecular complexity index is 1700. The SMILES string of the molecule is CN[C@H]1CC[C@@H](N(Cc2cc(-c3ccc(C(=O)C(F)(F)F)cc3)ccc2OC)C(=O)c2sc3c(F)ccc(F)c3c2Cl)CC1. The van der Waals surface area contributed by atoms with E-state index in [2.05, 4.69) is 5.32 Å². The van der Waals surface area contributed by atoms with Gasteiger partial charge in [0.2, 0.25) is 0 Å². The van der Waals surface area contributed by atoms with E-state index in [4.69, 9.17) is 16.3 Å². The number of amides is 1. The van der Waals surface area contributed by atoms with Gasteiger partial charge in [0.05, 0.1) is 22.2 Å². The van der Waals surface area contributed by atoms with Crippen LogP contribution in [-0.4, -0.2) is 49.0 Å². The van der Waals surface area contributed by atoms with Crippen LogP contribution in [0.4, 0.5) is 22.0 Å². The molecule has 1 amide bonds. The van der Waals surface area contributed by atoms with Gasteiger partial charge < -0.3 is 15.0 Å². The summed E-state index contributed by atoms with van der Waals surface area (Å²) in [4.78, 5) is 27.5. The summed E-state index contributed by atoms with van der Waals surface area (Å²) in [5.41, 5.74) is 1.32. The Kier molecular flexibility index (Phi) is 9.29. The summed E-state index contributed by atoms with van der Waals surface area (Å²) in [6, 6.07) is 12.3. The molecule has 5 nitrogen and oxygen atoms in total. The topological polar surface area (TPSA) is 58.6 Å². The van der Waals surface area contributed by atoms with Crippen LogP contribution in [0.3, 0.4) is 0 Å². The van der Waals surface area contributed by atoms with Crippen LogP contribution >= 0.6 is 22.9 Å². The fourth-order valence-electron chi connectivity index (χ4n) is 5.65. The molecule has 3 aromatic carbocycles. The molecule has 232 valence electrons. The van der Waals surface area contributed by atoms with Crippen molar-refractivity contribution in [1.29, 1.82) is 0 Å². The number of carbonyl (C=O) groups is 2. The Hall–Kier alpha value is -3.54. The van der Waals surface area contributed by atoms with Crippen LogP contribution in [0.2, 0.25) is 5.02 Å². The molecular weight excluding hydrogens is 623 g/mol. The van der Waals surface area contributed by atoms with E-state index in [9.17, 15) is 31.5 Å². The third-order valence-electron chi connectivity index (χ3n) is 8.04. The highest BCUT2D eigenvalue weighted by molar-refractivity contribution is 7.21. The summed E-state index contributed by atoms with van der Waals surface area (Å²) in [7, 11) is 3.37. The molecule has 5 rings (SSSR count). The summed E-state index contributed by atoms with van der Waals surface area (Å²) in [5.74, 6) is -3.32. The van der Waals surface area contributed by atoms with Gasteiger partial charge in [-0.2, -0.15) is 13.2 Å². The lowest BCUT2D eigenvalue weighted by Gasteiger charge is -2.37. The number of hydrogen-bond donors (Lipinski definition) is 1. The van der Waals surface area contributed by atoms with Crippen molar-refractivity contribution in [3.63, 3.8) is 0 Å². The number of Topliss-reactive ketones (excluding diaryl/α,β-unsaturated/α-hetero) is 1. The maximum Gasteiger partial charge on any atom is 0.454 e. The number of hydrogen-bond acceptors (Lipinski definition) is 5. The van der Waals surface area contributed by atoms with Crippen LogP contribution in [0.1, 0.15) is 51.3 Å². The highest BCUT2D eigenvalue weighted by atomic mass is 35.5. The number of ether oxygens (including phenoxy) is 1. The molecule has 1 aromatic heterocycles. The molecule has 0 aliphatic heterocycles. The predicted molar refractivity (Wildman–Crippen MR) is 161 cm³/mol. The molecule has 44 heavy (non-hydrogen) atoms. The first-order valence-corrected chi connectivity index (χ1v) is 15.1. The number of fused-ring (bicyclic) bond motifs is 1. The van der Waals surface area contributed by atoms with Crippen LogP contribution in [0.15, 0.2) is 54.6 Å². The number of rotatable bonds is 8. The van der Waals surface area contributed by atoms with Gasteiger partial charge in [-0.1, -0.05) is 41.9 Å². The molecule has 1 saturated carbocycles.